The van der Waals surface area contributed by atoms with Crippen molar-refractivity contribution in [3.63, 3.8) is 0 Å². The maximum Gasteiger partial charge on any atom is 1.00 e. The molecule has 0 saturated carbocycles. The summed E-state index contributed by atoms with van der Waals surface area (Å²) in [6, 6.07) is 0. The van der Waals surface area contributed by atoms with E-state index in [9.17, 15) is 0 Å². The Labute approximate surface area is 56.1 Å². The van der Waals surface area contributed by atoms with Gasteiger partial charge in [0.05, 0.1) is 0 Å². The van der Waals surface area contributed by atoms with Crippen LogP contribution in [0.2, 0.25) is 0 Å². The third kappa shape index (κ3) is 9.95. The van der Waals surface area contributed by atoms with E-state index in [1.54, 1.807) is 0 Å². The van der Waals surface area contributed by atoms with Crippen molar-refractivity contribution < 1.29 is 42.5 Å². The Morgan fingerprint density at radius 2 is 1.25 bits per heavy atom. The Morgan fingerprint density at radius 3 is 1.25 bits per heavy atom. The van der Waals surface area contributed by atoms with E-state index < -0.39 is 0 Å². The van der Waals surface area contributed by atoms with Crippen LogP contribution in [0.25, 0.3) is 0 Å². The molecule has 1 nitrogen and oxygen atoms in total. The van der Waals surface area contributed by atoms with Gasteiger partial charge in [-0.05, 0) is 0 Å². The molecular formula is H5CoLiOS. The zero-order valence-electron chi connectivity index (χ0n) is 3.33. The van der Waals surface area contributed by atoms with Crippen LogP contribution in [-0.4, -0.2) is 5.48 Å². The predicted octanol–water partition coefficient (Wildman–Crippen LogP) is -3.60. The molecule has 4 heavy (non-hydrogen) atoms. The van der Waals surface area contributed by atoms with Crippen LogP contribution in [0.15, 0.2) is 0 Å². The second-order valence-corrected chi connectivity index (χ2v) is 0. The van der Waals surface area contributed by atoms with Crippen LogP contribution in [0, 0.1) is 0 Å². The van der Waals surface area contributed by atoms with Crippen LogP contribution in [0.3, 0.4) is 0 Å². The SMILES string of the molecule is O.S.[Co].[H-].[Li+]. The molecule has 1 radical (unpaired) electrons. The molecule has 0 unspecified atom stereocenters. The van der Waals surface area contributed by atoms with Gasteiger partial charge in [0, 0.05) is 16.8 Å². The van der Waals surface area contributed by atoms with Gasteiger partial charge >= 0.3 is 18.9 Å². The number of hydrogen-bond donors (Lipinski definition) is 0. The second-order valence-electron chi connectivity index (χ2n) is 0. The fourth-order valence-electron chi connectivity index (χ4n) is 0. The van der Waals surface area contributed by atoms with Gasteiger partial charge in [0.2, 0.25) is 0 Å². The Hall–Kier alpha value is 1.41. The van der Waals surface area contributed by atoms with Gasteiger partial charge < -0.3 is 6.90 Å². The van der Waals surface area contributed by atoms with Crippen LogP contribution >= 0.6 is 13.5 Å². The number of rotatable bonds is 0. The first-order chi connectivity index (χ1) is 0. The molecule has 2 N–H and O–H groups in total. The van der Waals surface area contributed by atoms with Crippen molar-refractivity contribution in [2.75, 3.05) is 0 Å². The quantitative estimate of drug-likeness (QED) is 0.295. The standard InChI is InChI=1S/Co.Li.H2O.H2S.H/h;;2*1H2;/q;+1;;;-1. The monoisotopic (exact) mass is 119 g/mol. The normalized spacial score (nSPS) is 0. The van der Waals surface area contributed by atoms with Gasteiger partial charge in [-0.15, -0.1) is 0 Å². The van der Waals surface area contributed by atoms with Crippen LogP contribution in [-0.2, 0) is 16.8 Å². The fourth-order valence-corrected chi connectivity index (χ4v) is 0. The average Bonchev–Trinajstić information content (AvgIpc) is 0. The zero-order valence-corrected chi connectivity index (χ0v) is 4.37. The van der Waals surface area contributed by atoms with Crippen LogP contribution in [0.4, 0.5) is 0 Å². The third-order valence-corrected chi connectivity index (χ3v) is 0. The van der Waals surface area contributed by atoms with Crippen LogP contribution in [0.5, 0.6) is 0 Å². The van der Waals surface area contributed by atoms with Gasteiger partial charge in [-0.1, -0.05) is 0 Å². The molecule has 0 aromatic carbocycles. The van der Waals surface area contributed by atoms with E-state index in [4.69, 9.17) is 0 Å². The second kappa shape index (κ2) is 25.7. The summed E-state index contributed by atoms with van der Waals surface area (Å²) in [5, 5.41) is 0. The molecule has 0 fully saturated rings. The summed E-state index contributed by atoms with van der Waals surface area (Å²) in [6.45, 7) is 0. The summed E-state index contributed by atoms with van der Waals surface area (Å²) >= 11 is 0. The van der Waals surface area contributed by atoms with Gasteiger partial charge in [-0.3, -0.25) is 0 Å². The van der Waals surface area contributed by atoms with Gasteiger partial charge in [0.15, 0.2) is 0 Å². The first-order valence-electron chi connectivity index (χ1n) is 0. The van der Waals surface area contributed by atoms with Gasteiger partial charge in [0.1, 0.15) is 0 Å². The molecule has 0 aromatic heterocycles. The molecule has 0 atom stereocenters. The third-order valence-electron chi connectivity index (χ3n) is 0. The first-order valence-corrected chi connectivity index (χ1v) is 0. The van der Waals surface area contributed by atoms with Crippen molar-refractivity contribution in [3.05, 3.63) is 0 Å². The van der Waals surface area contributed by atoms with E-state index in [1.807, 2.05) is 0 Å². The summed E-state index contributed by atoms with van der Waals surface area (Å²) in [5.74, 6) is 0. The fraction of sp³-hybridized carbons (Fsp3) is 0. The molecule has 27 valence electrons. The number of hydrogen-bond acceptors (Lipinski definition) is 0. The molecule has 0 saturated heterocycles. The smallest absolute Gasteiger partial charge is 1.00 e. The van der Waals surface area contributed by atoms with Crippen molar-refractivity contribution in [3.8, 4) is 0 Å². The van der Waals surface area contributed by atoms with Gasteiger partial charge in [-0.25, -0.2) is 0 Å². The summed E-state index contributed by atoms with van der Waals surface area (Å²) in [7, 11) is 0. The van der Waals surface area contributed by atoms with E-state index in [0.717, 1.165) is 0 Å². The van der Waals surface area contributed by atoms with E-state index in [0.29, 0.717) is 0 Å². The molecule has 0 spiro atoms. The molecule has 4 heteroatoms. The first kappa shape index (κ1) is 52.8. The van der Waals surface area contributed by atoms with Crippen molar-refractivity contribution in [1.82, 2.24) is 0 Å². The van der Waals surface area contributed by atoms with Crippen molar-refractivity contribution in [2.45, 2.75) is 0 Å². The topological polar surface area (TPSA) is 31.5 Å². The Bertz CT molecular complexity index is 11.6. The Balaban J connectivity index is 0. The predicted molar refractivity (Wildman–Crippen MR) is 15.1 cm³/mol. The van der Waals surface area contributed by atoms with Crippen molar-refractivity contribution in [2.24, 2.45) is 0 Å². The van der Waals surface area contributed by atoms with Crippen molar-refractivity contribution >= 4 is 13.5 Å². The van der Waals surface area contributed by atoms with Crippen molar-refractivity contribution in [1.29, 1.82) is 0 Å². The summed E-state index contributed by atoms with van der Waals surface area (Å²) in [6.07, 6.45) is 0. The molecule has 0 aromatic rings. The summed E-state index contributed by atoms with van der Waals surface area (Å²) in [5.41, 5.74) is 0. The Kier molecular flexibility index (Phi) is 339. The average molecular weight is 119 g/mol. The maximum atomic E-state index is 0. The van der Waals surface area contributed by atoms with E-state index in [2.05, 4.69) is 0 Å². The van der Waals surface area contributed by atoms with E-state index in [1.165, 1.54) is 0 Å². The molecule has 0 bridgehead atoms. The molecule has 0 aliphatic carbocycles. The largest absolute Gasteiger partial charge is 1.00 e. The molecule has 0 heterocycles. The minimum atomic E-state index is 0. The molecule has 0 aliphatic rings. The van der Waals surface area contributed by atoms with Crippen LogP contribution in [0.1, 0.15) is 1.43 Å². The van der Waals surface area contributed by atoms with Gasteiger partial charge in [-0.2, -0.15) is 13.5 Å². The van der Waals surface area contributed by atoms with E-state index in [-0.39, 0.29) is 56.0 Å². The molecule has 0 rings (SSSR count). The zero-order chi connectivity index (χ0) is 0. The van der Waals surface area contributed by atoms with Gasteiger partial charge in [0.25, 0.3) is 0 Å². The molecule has 0 amide bonds. The summed E-state index contributed by atoms with van der Waals surface area (Å²) < 4.78 is 0. The molecule has 0 aliphatic heterocycles. The minimum absolute atomic E-state index is 0. The maximum absolute atomic E-state index is 0. The minimum Gasteiger partial charge on any atom is -1.00 e. The van der Waals surface area contributed by atoms with Crippen LogP contribution < -0.4 is 18.9 Å². The van der Waals surface area contributed by atoms with E-state index >= 15 is 0 Å². The molecular weight excluding hydrogens is 114 g/mol. The Morgan fingerprint density at radius 1 is 1.25 bits per heavy atom. The summed E-state index contributed by atoms with van der Waals surface area (Å²) in [4.78, 5) is 0.